The molecule has 4 N–H and O–H groups in total. The van der Waals surface area contributed by atoms with Gasteiger partial charge in [-0.3, -0.25) is 5.73 Å². The molecule has 0 amide bonds. The van der Waals surface area contributed by atoms with Crippen LogP contribution in [0.2, 0.25) is 0 Å². The average molecular weight is 457 g/mol. The van der Waals surface area contributed by atoms with Gasteiger partial charge in [-0.15, -0.1) is 0 Å². The maximum Gasteiger partial charge on any atom is 0.433 e. The molecule has 10 heteroatoms. The van der Waals surface area contributed by atoms with Crippen LogP contribution in [0.5, 0.6) is 5.75 Å². The quantitative estimate of drug-likeness (QED) is 0.734. The van der Waals surface area contributed by atoms with E-state index in [9.17, 15) is 13.2 Å². The van der Waals surface area contributed by atoms with Gasteiger partial charge in [0, 0.05) is 17.3 Å². The van der Waals surface area contributed by atoms with Crippen molar-refractivity contribution in [3.05, 3.63) is 76.9 Å². The van der Waals surface area contributed by atoms with E-state index in [0.717, 1.165) is 42.0 Å². The van der Waals surface area contributed by atoms with Crippen LogP contribution in [0, 0.1) is 0 Å². The predicted octanol–water partition coefficient (Wildman–Crippen LogP) is 2.97. The van der Waals surface area contributed by atoms with Gasteiger partial charge >= 0.3 is 6.18 Å². The van der Waals surface area contributed by atoms with Gasteiger partial charge in [0.15, 0.2) is 5.82 Å². The van der Waals surface area contributed by atoms with E-state index in [2.05, 4.69) is 9.97 Å². The number of hydrogen-bond acceptors (Lipinski definition) is 7. The van der Waals surface area contributed by atoms with Crippen LogP contribution < -0.4 is 16.2 Å². The summed E-state index contributed by atoms with van der Waals surface area (Å²) in [5, 5.41) is 0. The summed E-state index contributed by atoms with van der Waals surface area (Å²) in [7, 11) is 1.61. The fraction of sp³-hybridized carbons (Fsp3) is 0.348. The van der Waals surface area contributed by atoms with Gasteiger partial charge in [0.25, 0.3) is 0 Å². The number of aryl methyl sites for hydroxylation is 1. The first-order valence-corrected chi connectivity index (χ1v) is 10.4. The molecule has 1 aromatic carbocycles. The highest BCUT2D eigenvalue weighted by Crippen LogP contribution is 2.46. The van der Waals surface area contributed by atoms with Gasteiger partial charge in [-0.05, 0) is 42.7 Å². The third kappa shape index (κ3) is 3.64. The van der Waals surface area contributed by atoms with E-state index in [-0.39, 0.29) is 18.3 Å². The highest BCUT2D eigenvalue weighted by atomic mass is 19.4. The molecule has 0 fully saturated rings. The van der Waals surface area contributed by atoms with Gasteiger partial charge in [-0.2, -0.15) is 13.2 Å². The second-order valence-electron chi connectivity index (χ2n) is 8.36. The predicted molar refractivity (Wildman–Crippen MR) is 114 cm³/mol. The van der Waals surface area contributed by atoms with Gasteiger partial charge < -0.3 is 15.2 Å². The average Bonchev–Trinajstić information content (AvgIpc) is 3.24. The summed E-state index contributed by atoms with van der Waals surface area (Å²) in [5.74, 6) is -0.938. The Morgan fingerprint density at radius 2 is 2.03 bits per heavy atom. The van der Waals surface area contributed by atoms with Crippen LogP contribution in [0.4, 0.5) is 13.2 Å². The van der Waals surface area contributed by atoms with Crippen molar-refractivity contribution in [3.8, 4) is 5.75 Å². The fourth-order valence-corrected chi connectivity index (χ4v) is 4.65. The van der Waals surface area contributed by atoms with Crippen molar-refractivity contribution in [2.24, 2.45) is 16.5 Å². The second kappa shape index (κ2) is 7.47. The molecule has 0 saturated heterocycles. The van der Waals surface area contributed by atoms with E-state index in [1.807, 2.05) is 18.2 Å². The number of nitrogens with two attached hydrogens (primary N) is 2. The molecule has 3 atom stereocenters. The van der Waals surface area contributed by atoms with Crippen LogP contribution >= 0.6 is 0 Å². The summed E-state index contributed by atoms with van der Waals surface area (Å²) in [6.45, 7) is 0.0958. The molecule has 172 valence electrons. The van der Waals surface area contributed by atoms with Gasteiger partial charge in [0.05, 0.1) is 25.3 Å². The summed E-state index contributed by atoms with van der Waals surface area (Å²) in [6, 6.07) is 6.68. The van der Waals surface area contributed by atoms with Gasteiger partial charge in [0.1, 0.15) is 17.0 Å². The number of nitrogens with zero attached hydrogens (tertiary/aromatic N) is 3. The lowest BCUT2D eigenvalue weighted by Crippen LogP contribution is -2.51. The molecule has 0 radical (unpaired) electrons. The van der Waals surface area contributed by atoms with Crippen molar-refractivity contribution >= 4 is 5.71 Å². The maximum absolute atomic E-state index is 13.1. The zero-order chi connectivity index (χ0) is 23.4. The minimum absolute atomic E-state index is 0.0958. The highest BCUT2D eigenvalue weighted by Gasteiger charge is 2.46. The van der Waals surface area contributed by atoms with Crippen molar-refractivity contribution in [2.45, 2.75) is 36.3 Å². The number of alkyl halides is 3. The van der Waals surface area contributed by atoms with Crippen LogP contribution in [-0.2, 0) is 22.9 Å². The third-order valence-corrected chi connectivity index (χ3v) is 6.27. The van der Waals surface area contributed by atoms with E-state index < -0.39 is 23.3 Å². The highest BCUT2D eigenvalue weighted by molar-refractivity contribution is 6.10. The molecule has 1 aliphatic heterocycles. The first-order valence-electron chi connectivity index (χ1n) is 10.4. The number of aromatic nitrogens is 2. The topological polar surface area (TPSA) is 109 Å². The van der Waals surface area contributed by atoms with Crippen LogP contribution in [0.1, 0.15) is 35.0 Å². The Kier molecular flexibility index (Phi) is 4.93. The summed E-state index contributed by atoms with van der Waals surface area (Å²) >= 11 is 0. The minimum Gasteiger partial charge on any atom is -0.496 e. The van der Waals surface area contributed by atoms with Crippen molar-refractivity contribution in [1.29, 1.82) is 0 Å². The molecule has 3 unspecified atom stereocenters. The molecule has 7 nitrogen and oxygen atoms in total. The van der Waals surface area contributed by atoms with Gasteiger partial charge in [-0.25, -0.2) is 15.0 Å². The number of rotatable bonds is 3. The number of fused-ring (bicyclic) bond motifs is 2. The lowest BCUT2D eigenvalue weighted by molar-refractivity contribution is -0.141. The number of benzene rings is 1. The molecule has 0 spiro atoms. The Morgan fingerprint density at radius 1 is 1.21 bits per heavy atom. The van der Waals surface area contributed by atoms with E-state index in [0.29, 0.717) is 11.3 Å². The Morgan fingerprint density at radius 3 is 2.79 bits per heavy atom. The van der Waals surface area contributed by atoms with Crippen molar-refractivity contribution in [2.75, 3.05) is 13.7 Å². The standard InChI is InChI=1S/C23H22F3N5O2/c1-32-17-4-2-3-13-5-6-15(19(13)17)23(28)31-16-7-9-21(27,11-14(16)12-33-23)20-29-10-8-18(30-20)22(24,25)26/h2-4,7-11,15H,5-6,12,27-28H2,1H3. The Labute approximate surface area is 188 Å². The summed E-state index contributed by atoms with van der Waals surface area (Å²) in [6.07, 6.45) is 2.78. The second-order valence-corrected chi connectivity index (χ2v) is 8.36. The van der Waals surface area contributed by atoms with E-state index in [1.54, 1.807) is 19.3 Å². The first kappa shape index (κ1) is 21.7. The fourth-order valence-electron chi connectivity index (χ4n) is 4.65. The SMILES string of the molecule is COc1cccc2c1C(C1(N)N=C3C=CC(N)(c4nccc(C(F)(F)F)n4)C=C3CO1)CC2. The van der Waals surface area contributed by atoms with E-state index in [4.69, 9.17) is 25.9 Å². The molecule has 5 rings (SSSR count). The number of halogens is 3. The normalized spacial score (nSPS) is 28.6. The number of aliphatic imine (C=N–C) groups is 1. The molecule has 0 saturated carbocycles. The smallest absolute Gasteiger partial charge is 0.433 e. The third-order valence-electron chi connectivity index (χ3n) is 6.27. The molecule has 2 heterocycles. The minimum atomic E-state index is -4.60. The molecule has 33 heavy (non-hydrogen) atoms. The van der Waals surface area contributed by atoms with Crippen molar-refractivity contribution in [3.63, 3.8) is 0 Å². The van der Waals surface area contributed by atoms with Crippen LogP contribution in [0.15, 0.2) is 59.3 Å². The Balaban J connectivity index is 1.48. The van der Waals surface area contributed by atoms with Crippen molar-refractivity contribution in [1.82, 2.24) is 9.97 Å². The maximum atomic E-state index is 13.1. The van der Waals surface area contributed by atoms with Gasteiger partial charge in [0.2, 0.25) is 5.85 Å². The van der Waals surface area contributed by atoms with Crippen molar-refractivity contribution < 1.29 is 22.6 Å². The largest absolute Gasteiger partial charge is 0.496 e. The number of methoxy groups -OCH3 is 1. The first-order chi connectivity index (χ1) is 15.6. The molecule has 3 aliphatic rings. The molecule has 2 aliphatic carbocycles. The van der Waals surface area contributed by atoms with Crippen LogP contribution in [0.25, 0.3) is 0 Å². The number of ether oxygens (including phenoxy) is 2. The summed E-state index contributed by atoms with van der Waals surface area (Å²) in [5.41, 5.74) is 13.9. The monoisotopic (exact) mass is 457 g/mol. The molecule has 0 bridgehead atoms. The number of allylic oxidation sites excluding steroid dienone is 1. The summed E-state index contributed by atoms with van der Waals surface area (Å²) in [4.78, 5) is 12.3. The zero-order valence-electron chi connectivity index (χ0n) is 17.8. The van der Waals surface area contributed by atoms with E-state index in [1.165, 1.54) is 6.08 Å². The molecule has 2 aromatic rings. The van der Waals surface area contributed by atoms with Crippen LogP contribution in [0.3, 0.4) is 0 Å². The lowest BCUT2D eigenvalue weighted by atomic mass is 9.87. The molecular weight excluding hydrogens is 435 g/mol. The lowest BCUT2D eigenvalue weighted by Gasteiger charge is -2.38. The molecule has 1 aromatic heterocycles. The molecular formula is C23H22F3N5O2. The van der Waals surface area contributed by atoms with E-state index >= 15 is 0 Å². The van der Waals surface area contributed by atoms with Crippen LogP contribution in [-0.4, -0.2) is 35.2 Å². The Hall–Kier alpha value is -3.08. The summed E-state index contributed by atoms with van der Waals surface area (Å²) < 4.78 is 50.9. The number of hydrogen-bond donors (Lipinski definition) is 2. The zero-order valence-corrected chi connectivity index (χ0v) is 17.8. The Bertz CT molecular complexity index is 1210. The van der Waals surface area contributed by atoms with Gasteiger partial charge in [-0.1, -0.05) is 18.2 Å².